The van der Waals surface area contributed by atoms with Gasteiger partial charge in [0.15, 0.2) is 0 Å². The lowest BCUT2D eigenvalue weighted by Crippen LogP contribution is -2.31. The van der Waals surface area contributed by atoms with Gasteiger partial charge in [0, 0.05) is 25.8 Å². The van der Waals surface area contributed by atoms with Crippen LogP contribution in [0.2, 0.25) is 0 Å². The summed E-state index contributed by atoms with van der Waals surface area (Å²) < 4.78 is 0.904. The second-order valence-corrected chi connectivity index (χ2v) is 5.68. The molecule has 20 heavy (non-hydrogen) atoms. The maximum absolute atomic E-state index is 4.57. The Hall–Kier alpha value is -1.62. The van der Waals surface area contributed by atoms with E-state index in [2.05, 4.69) is 74.2 Å². The fourth-order valence-electron chi connectivity index (χ4n) is 1.96. The second-order valence-electron chi connectivity index (χ2n) is 4.82. The smallest absolute Gasteiger partial charge is 0.224 e. The van der Waals surface area contributed by atoms with Gasteiger partial charge in [-0.15, -0.1) is 0 Å². The normalized spacial score (nSPS) is 10.7. The quantitative estimate of drug-likeness (QED) is 0.905. The lowest BCUT2D eigenvalue weighted by atomic mass is 10.2. The molecule has 0 saturated carbocycles. The van der Waals surface area contributed by atoms with Gasteiger partial charge in [0.25, 0.3) is 0 Å². The number of halogens is 1. The van der Waals surface area contributed by atoms with Crippen LogP contribution in [0.5, 0.6) is 0 Å². The fraction of sp³-hybridized carbons (Fsp3) is 0.333. The SMILES string of the molecule is CNc1ncc(Br)c(N(Cc2ccccc2)C(C)C)n1. The molecule has 0 atom stereocenters. The summed E-state index contributed by atoms with van der Waals surface area (Å²) in [5.74, 6) is 1.53. The van der Waals surface area contributed by atoms with Crippen molar-refractivity contribution in [1.82, 2.24) is 9.97 Å². The summed E-state index contributed by atoms with van der Waals surface area (Å²) in [7, 11) is 1.82. The van der Waals surface area contributed by atoms with E-state index in [1.807, 2.05) is 13.1 Å². The van der Waals surface area contributed by atoms with Gasteiger partial charge in [-0.1, -0.05) is 30.3 Å². The standard InChI is InChI=1S/C15H19BrN4/c1-11(2)20(10-12-7-5-4-6-8-12)14-13(16)9-18-15(17-3)19-14/h4-9,11H,10H2,1-3H3,(H,17,18,19). The predicted molar refractivity (Wildman–Crippen MR) is 87.0 cm³/mol. The molecule has 1 aromatic carbocycles. The summed E-state index contributed by atoms with van der Waals surface area (Å²) in [6.07, 6.45) is 1.79. The molecule has 0 radical (unpaired) electrons. The van der Waals surface area contributed by atoms with E-state index in [1.165, 1.54) is 5.56 Å². The molecule has 2 aromatic rings. The van der Waals surface area contributed by atoms with Crippen molar-refractivity contribution >= 4 is 27.7 Å². The fourth-order valence-corrected chi connectivity index (χ4v) is 2.38. The molecule has 0 bridgehead atoms. The van der Waals surface area contributed by atoms with Crippen molar-refractivity contribution < 1.29 is 0 Å². The van der Waals surface area contributed by atoms with Crippen LogP contribution in [-0.4, -0.2) is 23.1 Å². The molecule has 0 aliphatic carbocycles. The Morgan fingerprint density at radius 1 is 1.25 bits per heavy atom. The van der Waals surface area contributed by atoms with Crippen LogP contribution in [0.3, 0.4) is 0 Å². The first-order valence-electron chi connectivity index (χ1n) is 6.62. The van der Waals surface area contributed by atoms with Crippen molar-refractivity contribution in [3.8, 4) is 0 Å². The molecule has 5 heteroatoms. The molecule has 0 unspecified atom stereocenters. The van der Waals surface area contributed by atoms with Crippen LogP contribution in [0, 0.1) is 0 Å². The number of aromatic nitrogens is 2. The Kier molecular flexibility index (Phi) is 4.95. The predicted octanol–water partition coefficient (Wildman–Crippen LogP) is 3.70. The van der Waals surface area contributed by atoms with E-state index in [4.69, 9.17) is 0 Å². The number of nitrogens with zero attached hydrogens (tertiary/aromatic N) is 3. The van der Waals surface area contributed by atoms with Gasteiger partial charge < -0.3 is 10.2 Å². The maximum atomic E-state index is 4.57. The third-order valence-corrected chi connectivity index (χ3v) is 3.60. The summed E-state index contributed by atoms with van der Waals surface area (Å²) >= 11 is 3.55. The van der Waals surface area contributed by atoms with Crippen molar-refractivity contribution in [2.45, 2.75) is 26.4 Å². The van der Waals surface area contributed by atoms with E-state index in [0.717, 1.165) is 16.8 Å². The summed E-state index contributed by atoms with van der Waals surface area (Å²) in [5, 5.41) is 2.98. The van der Waals surface area contributed by atoms with E-state index < -0.39 is 0 Å². The van der Waals surface area contributed by atoms with Gasteiger partial charge in [0.05, 0.1) is 4.47 Å². The lowest BCUT2D eigenvalue weighted by molar-refractivity contribution is 0.670. The Bertz CT molecular complexity index is 557. The lowest BCUT2D eigenvalue weighted by Gasteiger charge is -2.29. The van der Waals surface area contributed by atoms with E-state index in [0.29, 0.717) is 12.0 Å². The summed E-state index contributed by atoms with van der Waals surface area (Å²) in [6.45, 7) is 5.14. The Balaban J connectivity index is 2.33. The van der Waals surface area contributed by atoms with E-state index in [1.54, 1.807) is 6.20 Å². The minimum atomic E-state index is 0.339. The van der Waals surface area contributed by atoms with E-state index in [-0.39, 0.29) is 0 Å². The molecular weight excluding hydrogens is 316 g/mol. The van der Waals surface area contributed by atoms with Crippen LogP contribution in [0.1, 0.15) is 19.4 Å². The molecule has 0 fully saturated rings. The zero-order chi connectivity index (χ0) is 14.5. The van der Waals surface area contributed by atoms with Crippen molar-refractivity contribution in [3.63, 3.8) is 0 Å². The van der Waals surface area contributed by atoms with E-state index in [9.17, 15) is 0 Å². The molecule has 0 spiro atoms. The molecular formula is C15H19BrN4. The minimum absolute atomic E-state index is 0.339. The number of nitrogens with one attached hydrogen (secondary N) is 1. The molecule has 0 saturated heterocycles. The Morgan fingerprint density at radius 2 is 1.95 bits per heavy atom. The van der Waals surface area contributed by atoms with Gasteiger partial charge in [-0.3, -0.25) is 0 Å². The van der Waals surface area contributed by atoms with Gasteiger partial charge in [-0.2, -0.15) is 4.98 Å². The highest BCUT2D eigenvalue weighted by molar-refractivity contribution is 9.10. The molecule has 0 amide bonds. The highest BCUT2D eigenvalue weighted by Gasteiger charge is 2.16. The maximum Gasteiger partial charge on any atom is 0.224 e. The molecule has 1 aromatic heterocycles. The third kappa shape index (κ3) is 3.48. The molecule has 1 N–H and O–H groups in total. The Labute approximate surface area is 128 Å². The first-order valence-corrected chi connectivity index (χ1v) is 7.42. The first-order chi connectivity index (χ1) is 9.61. The van der Waals surface area contributed by atoms with Crippen LogP contribution in [0.4, 0.5) is 11.8 Å². The molecule has 4 nitrogen and oxygen atoms in total. The van der Waals surface area contributed by atoms with Gasteiger partial charge in [-0.25, -0.2) is 4.98 Å². The van der Waals surface area contributed by atoms with Gasteiger partial charge in [0.1, 0.15) is 5.82 Å². The average molecular weight is 335 g/mol. The van der Waals surface area contributed by atoms with Crippen molar-refractivity contribution in [1.29, 1.82) is 0 Å². The second kappa shape index (κ2) is 6.70. The van der Waals surface area contributed by atoms with Crippen molar-refractivity contribution in [3.05, 3.63) is 46.6 Å². The van der Waals surface area contributed by atoms with Crippen LogP contribution < -0.4 is 10.2 Å². The number of hydrogen-bond acceptors (Lipinski definition) is 4. The highest BCUT2D eigenvalue weighted by Crippen LogP contribution is 2.27. The monoisotopic (exact) mass is 334 g/mol. The van der Waals surface area contributed by atoms with Crippen LogP contribution in [-0.2, 0) is 6.54 Å². The van der Waals surface area contributed by atoms with Gasteiger partial charge in [-0.05, 0) is 35.3 Å². The zero-order valence-electron chi connectivity index (χ0n) is 12.0. The van der Waals surface area contributed by atoms with Crippen molar-refractivity contribution in [2.75, 3.05) is 17.3 Å². The number of rotatable bonds is 5. The first kappa shape index (κ1) is 14.8. The number of benzene rings is 1. The molecule has 0 aliphatic heterocycles. The van der Waals surface area contributed by atoms with E-state index >= 15 is 0 Å². The largest absolute Gasteiger partial charge is 0.357 e. The van der Waals surface area contributed by atoms with Gasteiger partial charge in [0.2, 0.25) is 5.95 Å². The summed E-state index contributed by atoms with van der Waals surface area (Å²) in [4.78, 5) is 11.0. The summed E-state index contributed by atoms with van der Waals surface area (Å²) in [5.41, 5.74) is 1.26. The highest BCUT2D eigenvalue weighted by atomic mass is 79.9. The molecule has 1 heterocycles. The summed E-state index contributed by atoms with van der Waals surface area (Å²) in [6, 6.07) is 10.7. The number of anilines is 2. The Morgan fingerprint density at radius 3 is 2.55 bits per heavy atom. The van der Waals surface area contributed by atoms with Gasteiger partial charge >= 0.3 is 0 Å². The van der Waals surface area contributed by atoms with Crippen LogP contribution in [0.15, 0.2) is 41.0 Å². The average Bonchev–Trinajstić information content (AvgIpc) is 2.46. The number of hydrogen-bond donors (Lipinski definition) is 1. The topological polar surface area (TPSA) is 41.1 Å². The van der Waals surface area contributed by atoms with Crippen LogP contribution in [0.25, 0.3) is 0 Å². The molecule has 106 valence electrons. The van der Waals surface area contributed by atoms with Crippen LogP contribution >= 0.6 is 15.9 Å². The zero-order valence-corrected chi connectivity index (χ0v) is 13.6. The molecule has 2 rings (SSSR count). The molecule has 0 aliphatic rings. The third-order valence-electron chi connectivity index (χ3n) is 3.04. The minimum Gasteiger partial charge on any atom is -0.357 e. The van der Waals surface area contributed by atoms with Crippen molar-refractivity contribution in [2.24, 2.45) is 0 Å².